The van der Waals surface area contributed by atoms with E-state index in [-0.39, 0.29) is 0 Å². The summed E-state index contributed by atoms with van der Waals surface area (Å²) in [5.41, 5.74) is 5.44. The molecule has 7 heteroatoms. The maximum absolute atomic E-state index is 5.44. The molecule has 0 aliphatic rings. The lowest BCUT2D eigenvalue weighted by molar-refractivity contribution is 0.582. The molecule has 1 aromatic heterocycles. The van der Waals surface area contributed by atoms with E-state index in [1.165, 1.54) is 11.8 Å². The molecular formula is C7H14N6S. The van der Waals surface area contributed by atoms with Crippen LogP contribution in [0.15, 0.2) is 11.4 Å². The highest BCUT2D eigenvalue weighted by Gasteiger charge is 2.04. The van der Waals surface area contributed by atoms with Gasteiger partial charge in [-0.1, -0.05) is 18.7 Å². The van der Waals surface area contributed by atoms with Gasteiger partial charge in [0.2, 0.25) is 0 Å². The SMILES string of the molecule is CCCn1ncnc1CSC(N)=NN. The molecule has 0 unspecified atom stereocenters. The van der Waals surface area contributed by atoms with Crippen LogP contribution in [0.1, 0.15) is 19.2 Å². The lowest BCUT2D eigenvalue weighted by Gasteiger charge is -2.02. The van der Waals surface area contributed by atoms with Gasteiger partial charge in [-0.3, -0.25) is 0 Å². The van der Waals surface area contributed by atoms with Crippen molar-refractivity contribution in [3.05, 3.63) is 12.2 Å². The molecule has 0 aromatic carbocycles. The minimum atomic E-state index is 0.357. The van der Waals surface area contributed by atoms with E-state index in [9.17, 15) is 0 Å². The first-order valence-corrected chi connectivity index (χ1v) is 5.29. The van der Waals surface area contributed by atoms with Crippen molar-refractivity contribution in [1.82, 2.24) is 14.8 Å². The van der Waals surface area contributed by atoms with E-state index in [4.69, 9.17) is 11.6 Å². The minimum absolute atomic E-state index is 0.357. The number of nitrogens with two attached hydrogens (primary N) is 2. The summed E-state index contributed by atoms with van der Waals surface area (Å²) in [7, 11) is 0. The Kier molecular flexibility index (Phi) is 4.24. The summed E-state index contributed by atoms with van der Waals surface area (Å²) in [5.74, 6) is 6.54. The average molecular weight is 214 g/mol. The fraction of sp³-hybridized carbons (Fsp3) is 0.571. The van der Waals surface area contributed by atoms with E-state index in [1.807, 2.05) is 4.68 Å². The number of rotatable bonds is 4. The Morgan fingerprint density at radius 2 is 2.50 bits per heavy atom. The zero-order valence-corrected chi connectivity index (χ0v) is 8.87. The van der Waals surface area contributed by atoms with Crippen LogP contribution in [0.3, 0.4) is 0 Å². The van der Waals surface area contributed by atoms with Crippen molar-refractivity contribution in [3.8, 4) is 0 Å². The van der Waals surface area contributed by atoms with Gasteiger partial charge in [0.05, 0.1) is 5.75 Å². The highest BCUT2D eigenvalue weighted by molar-refractivity contribution is 8.13. The third-order valence-corrected chi connectivity index (χ3v) is 2.41. The van der Waals surface area contributed by atoms with Gasteiger partial charge in [0.1, 0.15) is 12.2 Å². The van der Waals surface area contributed by atoms with Gasteiger partial charge in [-0.25, -0.2) is 9.67 Å². The van der Waals surface area contributed by atoms with Gasteiger partial charge >= 0.3 is 0 Å². The molecule has 0 saturated heterocycles. The standard InChI is InChI=1S/C7H14N6S/c1-2-3-13-6(10-5-11-13)4-14-7(8)12-9/h5H,2-4,9H2,1H3,(H2,8,12). The molecule has 4 N–H and O–H groups in total. The topological polar surface area (TPSA) is 95.1 Å². The molecule has 0 radical (unpaired) electrons. The lowest BCUT2D eigenvalue weighted by atomic mass is 10.5. The van der Waals surface area contributed by atoms with Crippen molar-refractivity contribution in [1.29, 1.82) is 0 Å². The molecular weight excluding hydrogens is 200 g/mol. The lowest BCUT2D eigenvalue weighted by Crippen LogP contribution is -2.11. The normalized spacial score (nSPS) is 11.9. The highest BCUT2D eigenvalue weighted by Crippen LogP contribution is 2.09. The number of nitrogens with zero attached hydrogens (tertiary/aromatic N) is 4. The molecule has 0 amide bonds. The van der Waals surface area contributed by atoms with Crippen molar-refractivity contribution in [2.45, 2.75) is 25.6 Å². The van der Waals surface area contributed by atoms with Crippen LogP contribution < -0.4 is 11.6 Å². The van der Waals surface area contributed by atoms with Gasteiger partial charge in [0.25, 0.3) is 0 Å². The second-order valence-corrected chi connectivity index (χ2v) is 3.65. The largest absolute Gasteiger partial charge is 0.377 e. The number of hydrogen-bond donors (Lipinski definition) is 2. The number of hydrogen-bond acceptors (Lipinski definition) is 5. The first-order chi connectivity index (χ1) is 6.77. The molecule has 1 aromatic rings. The second kappa shape index (κ2) is 5.48. The Morgan fingerprint density at radius 1 is 1.71 bits per heavy atom. The number of thioether (sulfide) groups is 1. The Hall–Kier alpha value is -1.24. The molecule has 6 nitrogen and oxygen atoms in total. The van der Waals surface area contributed by atoms with E-state index in [0.29, 0.717) is 10.9 Å². The molecule has 0 spiro atoms. The number of hydrazone groups is 1. The van der Waals surface area contributed by atoms with Crippen molar-refractivity contribution >= 4 is 16.9 Å². The Bertz CT molecular complexity index is 307. The molecule has 0 atom stereocenters. The van der Waals surface area contributed by atoms with Crippen molar-refractivity contribution in [3.63, 3.8) is 0 Å². The van der Waals surface area contributed by atoms with Crippen molar-refractivity contribution < 1.29 is 0 Å². The fourth-order valence-electron chi connectivity index (χ4n) is 0.974. The van der Waals surface area contributed by atoms with Crippen LogP contribution in [0.2, 0.25) is 0 Å². The smallest absolute Gasteiger partial charge is 0.177 e. The summed E-state index contributed by atoms with van der Waals surface area (Å²) in [6, 6.07) is 0. The summed E-state index contributed by atoms with van der Waals surface area (Å²) in [5, 5.41) is 7.81. The molecule has 78 valence electrons. The van der Waals surface area contributed by atoms with Crippen LogP contribution in [0.25, 0.3) is 0 Å². The first-order valence-electron chi connectivity index (χ1n) is 4.30. The number of aryl methyl sites for hydroxylation is 1. The second-order valence-electron chi connectivity index (χ2n) is 2.66. The minimum Gasteiger partial charge on any atom is -0.377 e. The number of amidine groups is 1. The summed E-state index contributed by atoms with van der Waals surface area (Å²) >= 11 is 1.35. The molecule has 0 saturated carbocycles. The van der Waals surface area contributed by atoms with Crippen molar-refractivity contribution in [2.75, 3.05) is 0 Å². The molecule has 1 heterocycles. The summed E-state index contributed by atoms with van der Waals surface area (Å²) in [4.78, 5) is 4.12. The van der Waals surface area contributed by atoms with Crippen LogP contribution in [-0.4, -0.2) is 19.9 Å². The quantitative estimate of drug-likeness (QED) is 0.321. The predicted molar refractivity (Wildman–Crippen MR) is 57.4 cm³/mol. The Morgan fingerprint density at radius 3 is 3.14 bits per heavy atom. The van der Waals surface area contributed by atoms with Crippen LogP contribution in [0.4, 0.5) is 0 Å². The Balaban J connectivity index is 2.53. The summed E-state index contributed by atoms with van der Waals surface area (Å²) < 4.78 is 1.86. The van der Waals surface area contributed by atoms with Crippen LogP contribution in [0.5, 0.6) is 0 Å². The maximum Gasteiger partial charge on any atom is 0.177 e. The van der Waals surface area contributed by atoms with E-state index < -0.39 is 0 Å². The third-order valence-electron chi connectivity index (χ3n) is 1.61. The maximum atomic E-state index is 5.44. The van der Waals surface area contributed by atoms with Crippen LogP contribution in [-0.2, 0) is 12.3 Å². The molecule has 1 rings (SSSR count). The predicted octanol–water partition coefficient (Wildman–Crippen LogP) is 0.110. The monoisotopic (exact) mass is 214 g/mol. The zero-order valence-electron chi connectivity index (χ0n) is 8.05. The summed E-state index contributed by atoms with van der Waals surface area (Å²) in [6.07, 6.45) is 2.57. The zero-order chi connectivity index (χ0) is 10.4. The number of aromatic nitrogens is 3. The Labute approximate surface area is 86.8 Å². The van der Waals surface area contributed by atoms with Gasteiger partial charge in [-0.15, -0.1) is 0 Å². The average Bonchev–Trinajstić information content (AvgIpc) is 2.62. The fourth-order valence-corrected chi connectivity index (χ4v) is 1.55. The molecule has 14 heavy (non-hydrogen) atoms. The van der Waals surface area contributed by atoms with Crippen LogP contribution >= 0.6 is 11.8 Å². The van der Waals surface area contributed by atoms with Gasteiger partial charge in [-0.2, -0.15) is 10.2 Å². The van der Waals surface area contributed by atoms with E-state index in [2.05, 4.69) is 22.1 Å². The van der Waals surface area contributed by atoms with E-state index >= 15 is 0 Å². The van der Waals surface area contributed by atoms with E-state index in [0.717, 1.165) is 18.8 Å². The van der Waals surface area contributed by atoms with Crippen LogP contribution in [0, 0.1) is 0 Å². The van der Waals surface area contributed by atoms with E-state index in [1.54, 1.807) is 6.33 Å². The van der Waals surface area contributed by atoms with Gasteiger partial charge < -0.3 is 11.6 Å². The molecule has 0 aliphatic carbocycles. The third kappa shape index (κ3) is 2.91. The molecule has 0 aliphatic heterocycles. The highest BCUT2D eigenvalue weighted by atomic mass is 32.2. The molecule has 0 fully saturated rings. The van der Waals surface area contributed by atoms with Gasteiger partial charge in [-0.05, 0) is 6.42 Å². The van der Waals surface area contributed by atoms with Gasteiger partial charge in [0.15, 0.2) is 5.17 Å². The summed E-state index contributed by atoms with van der Waals surface area (Å²) in [6.45, 7) is 2.96. The van der Waals surface area contributed by atoms with Crippen molar-refractivity contribution in [2.24, 2.45) is 16.7 Å². The molecule has 0 bridgehead atoms. The van der Waals surface area contributed by atoms with Gasteiger partial charge in [0, 0.05) is 6.54 Å². The first kappa shape index (κ1) is 10.8.